The fraction of sp³-hybridized carbons (Fsp3) is 0.400. The normalized spacial score (nSPS) is 9.61. The standard InChI is InChI=1S/C15H22N4O3.ClH/c1-17-9-4-7-14(21)19-12-6-3-2-5-11(12)15(22)18-10-8-13(16)20;/h2-3,5-6,17H,4,7-10H2,1H3,(H2,16,20)(H,18,22)(H,19,21);1H. The van der Waals surface area contributed by atoms with Crippen molar-refractivity contribution < 1.29 is 14.4 Å². The Labute approximate surface area is 141 Å². The summed E-state index contributed by atoms with van der Waals surface area (Å²) in [6, 6.07) is 6.73. The molecular formula is C15H23ClN4O3. The Bertz CT molecular complexity index is 537. The van der Waals surface area contributed by atoms with Crippen molar-refractivity contribution >= 4 is 35.8 Å². The van der Waals surface area contributed by atoms with Crippen molar-refractivity contribution in [3.63, 3.8) is 0 Å². The Kier molecular flexibility index (Phi) is 10.4. The van der Waals surface area contributed by atoms with E-state index < -0.39 is 5.91 Å². The molecule has 5 N–H and O–H groups in total. The molecule has 3 amide bonds. The van der Waals surface area contributed by atoms with Gasteiger partial charge in [0.2, 0.25) is 11.8 Å². The van der Waals surface area contributed by atoms with Gasteiger partial charge in [-0.15, -0.1) is 12.4 Å². The summed E-state index contributed by atoms with van der Waals surface area (Å²) in [5.74, 6) is -0.980. The highest BCUT2D eigenvalue weighted by atomic mass is 35.5. The molecule has 0 saturated carbocycles. The molecule has 0 bridgehead atoms. The van der Waals surface area contributed by atoms with Crippen LogP contribution in [0.15, 0.2) is 24.3 Å². The van der Waals surface area contributed by atoms with E-state index in [-0.39, 0.29) is 37.2 Å². The Morgan fingerprint density at radius 1 is 1.09 bits per heavy atom. The van der Waals surface area contributed by atoms with Crippen LogP contribution in [0, 0.1) is 0 Å². The van der Waals surface area contributed by atoms with E-state index in [4.69, 9.17) is 5.73 Å². The molecule has 0 atom stereocenters. The lowest BCUT2D eigenvalue weighted by atomic mass is 10.1. The number of benzene rings is 1. The summed E-state index contributed by atoms with van der Waals surface area (Å²) in [4.78, 5) is 34.6. The zero-order chi connectivity index (χ0) is 16.4. The lowest BCUT2D eigenvalue weighted by molar-refractivity contribution is -0.118. The summed E-state index contributed by atoms with van der Waals surface area (Å²) in [6.07, 6.45) is 1.16. The van der Waals surface area contributed by atoms with Crippen LogP contribution in [0.4, 0.5) is 5.69 Å². The van der Waals surface area contributed by atoms with Gasteiger partial charge >= 0.3 is 0 Å². The summed E-state index contributed by atoms with van der Waals surface area (Å²) in [5.41, 5.74) is 5.83. The first-order chi connectivity index (χ1) is 10.5. The molecule has 1 aromatic carbocycles. The molecule has 0 saturated heterocycles. The zero-order valence-electron chi connectivity index (χ0n) is 13.1. The molecule has 1 aromatic rings. The monoisotopic (exact) mass is 342 g/mol. The third-order valence-corrected chi connectivity index (χ3v) is 2.93. The average molecular weight is 343 g/mol. The van der Waals surface area contributed by atoms with E-state index in [1.165, 1.54) is 0 Å². The first kappa shape index (κ1) is 20.9. The van der Waals surface area contributed by atoms with E-state index in [0.717, 1.165) is 13.0 Å². The highest BCUT2D eigenvalue weighted by molar-refractivity contribution is 6.03. The predicted molar refractivity (Wildman–Crippen MR) is 91.6 cm³/mol. The largest absolute Gasteiger partial charge is 0.370 e. The summed E-state index contributed by atoms with van der Waals surface area (Å²) in [5, 5.41) is 8.29. The second-order valence-electron chi connectivity index (χ2n) is 4.77. The number of anilines is 1. The molecular weight excluding hydrogens is 320 g/mol. The summed E-state index contributed by atoms with van der Waals surface area (Å²) in [7, 11) is 1.82. The summed E-state index contributed by atoms with van der Waals surface area (Å²) in [6.45, 7) is 0.918. The fourth-order valence-corrected chi connectivity index (χ4v) is 1.82. The highest BCUT2D eigenvalue weighted by Gasteiger charge is 2.12. The molecule has 0 unspecified atom stereocenters. The topological polar surface area (TPSA) is 113 Å². The first-order valence-corrected chi connectivity index (χ1v) is 7.14. The number of nitrogens with one attached hydrogen (secondary N) is 3. The maximum atomic E-state index is 12.1. The lowest BCUT2D eigenvalue weighted by Crippen LogP contribution is -2.28. The Hall–Kier alpha value is -2.12. The third kappa shape index (κ3) is 8.18. The molecule has 0 aromatic heterocycles. The third-order valence-electron chi connectivity index (χ3n) is 2.93. The molecule has 0 spiro atoms. The van der Waals surface area contributed by atoms with Crippen molar-refractivity contribution in [3.8, 4) is 0 Å². The van der Waals surface area contributed by atoms with E-state index in [1.54, 1.807) is 24.3 Å². The second kappa shape index (κ2) is 11.4. The van der Waals surface area contributed by atoms with Crippen molar-refractivity contribution in [2.45, 2.75) is 19.3 Å². The molecule has 8 heteroatoms. The number of carbonyl (C=O) groups is 3. The predicted octanol–water partition coefficient (Wildman–Crippen LogP) is 0.652. The van der Waals surface area contributed by atoms with Crippen molar-refractivity contribution in [1.82, 2.24) is 10.6 Å². The Morgan fingerprint density at radius 2 is 1.78 bits per heavy atom. The van der Waals surface area contributed by atoms with Crippen LogP contribution in [0.2, 0.25) is 0 Å². The molecule has 0 aliphatic rings. The van der Waals surface area contributed by atoms with Gasteiger partial charge in [-0.05, 0) is 32.1 Å². The van der Waals surface area contributed by atoms with E-state index in [1.807, 2.05) is 7.05 Å². The smallest absolute Gasteiger partial charge is 0.253 e. The van der Waals surface area contributed by atoms with Gasteiger partial charge in [0.1, 0.15) is 0 Å². The van der Waals surface area contributed by atoms with E-state index in [0.29, 0.717) is 17.7 Å². The van der Waals surface area contributed by atoms with E-state index in [9.17, 15) is 14.4 Å². The quantitative estimate of drug-likeness (QED) is 0.493. The van der Waals surface area contributed by atoms with Gasteiger partial charge in [-0.2, -0.15) is 0 Å². The van der Waals surface area contributed by atoms with E-state index >= 15 is 0 Å². The number of hydrogen-bond acceptors (Lipinski definition) is 4. The van der Waals surface area contributed by atoms with Gasteiger partial charge in [0.25, 0.3) is 5.91 Å². The average Bonchev–Trinajstić information content (AvgIpc) is 2.47. The molecule has 0 aliphatic carbocycles. The Balaban J connectivity index is 0.00000484. The molecule has 0 radical (unpaired) electrons. The van der Waals surface area contributed by atoms with Crippen molar-refractivity contribution in [3.05, 3.63) is 29.8 Å². The van der Waals surface area contributed by atoms with Crippen LogP contribution in [0.5, 0.6) is 0 Å². The van der Waals surface area contributed by atoms with Gasteiger partial charge in [-0.1, -0.05) is 12.1 Å². The second-order valence-corrected chi connectivity index (χ2v) is 4.77. The van der Waals surface area contributed by atoms with Crippen LogP contribution in [0.25, 0.3) is 0 Å². The van der Waals surface area contributed by atoms with Crippen LogP contribution in [0.1, 0.15) is 29.6 Å². The number of rotatable bonds is 9. The van der Waals surface area contributed by atoms with Gasteiger partial charge < -0.3 is 21.7 Å². The van der Waals surface area contributed by atoms with Crippen LogP contribution >= 0.6 is 12.4 Å². The molecule has 7 nitrogen and oxygen atoms in total. The first-order valence-electron chi connectivity index (χ1n) is 7.14. The number of primary amides is 1. The van der Waals surface area contributed by atoms with Gasteiger partial charge in [0.05, 0.1) is 11.3 Å². The lowest BCUT2D eigenvalue weighted by Gasteiger charge is -2.11. The molecule has 23 heavy (non-hydrogen) atoms. The number of halogens is 1. The van der Waals surface area contributed by atoms with E-state index in [2.05, 4.69) is 16.0 Å². The SMILES string of the molecule is CNCCCC(=O)Nc1ccccc1C(=O)NCCC(N)=O.Cl. The van der Waals surface area contributed by atoms with Crippen molar-refractivity contribution in [1.29, 1.82) is 0 Å². The molecule has 0 heterocycles. The van der Waals surface area contributed by atoms with Crippen molar-refractivity contribution in [2.24, 2.45) is 5.73 Å². The van der Waals surface area contributed by atoms with Gasteiger partial charge in [0.15, 0.2) is 0 Å². The zero-order valence-corrected chi connectivity index (χ0v) is 13.9. The van der Waals surface area contributed by atoms with Crippen LogP contribution in [-0.4, -0.2) is 37.9 Å². The number of amides is 3. The fourth-order valence-electron chi connectivity index (χ4n) is 1.82. The minimum atomic E-state index is -0.480. The van der Waals surface area contributed by atoms with Gasteiger partial charge in [-0.3, -0.25) is 14.4 Å². The molecule has 0 aliphatic heterocycles. The van der Waals surface area contributed by atoms with Crippen molar-refractivity contribution in [2.75, 3.05) is 25.5 Å². The van der Waals surface area contributed by atoms with Crippen LogP contribution in [0.3, 0.4) is 0 Å². The van der Waals surface area contributed by atoms with Gasteiger partial charge in [-0.25, -0.2) is 0 Å². The van der Waals surface area contributed by atoms with Crippen LogP contribution in [-0.2, 0) is 9.59 Å². The molecule has 1 rings (SSSR count). The summed E-state index contributed by atoms with van der Waals surface area (Å²) >= 11 is 0. The molecule has 0 fully saturated rings. The Morgan fingerprint density at radius 3 is 2.43 bits per heavy atom. The van der Waals surface area contributed by atoms with Crippen LogP contribution < -0.4 is 21.7 Å². The summed E-state index contributed by atoms with van der Waals surface area (Å²) < 4.78 is 0. The highest BCUT2D eigenvalue weighted by Crippen LogP contribution is 2.15. The minimum absolute atomic E-state index is 0. The number of hydrogen-bond donors (Lipinski definition) is 4. The maximum Gasteiger partial charge on any atom is 0.253 e. The number of carbonyl (C=O) groups excluding carboxylic acids is 3. The molecule has 128 valence electrons. The maximum absolute atomic E-state index is 12.1. The minimum Gasteiger partial charge on any atom is -0.370 e. The number of para-hydroxylation sites is 1. The number of nitrogens with two attached hydrogens (primary N) is 1. The van der Waals surface area contributed by atoms with Gasteiger partial charge in [0, 0.05) is 19.4 Å².